The first kappa shape index (κ1) is 19.7. The predicted molar refractivity (Wildman–Crippen MR) is 124 cm³/mol. The van der Waals surface area contributed by atoms with Gasteiger partial charge in [0.25, 0.3) is 0 Å². The average molecular weight is 416 g/mol. The van der Waals surface area contributed by atoms with Gasteiger partial charge >= 0.3 is 0 Å². The SMILES string of the molecule is COc1ccc(-c2nc(N/N=C\c3ccccc3OC)sc2-c2ccccc2)cc1. The van der Waals surface area contributed by atoms with E-state index in [-0.39, 0.29) is 0 Å². The number of benzene rings is 3. The molecule has 0 radical (unpaired) electrons. The first-order valence-corrected chi connectivity index (χ1v) is 10.2. The van der Waals surface area contributed by atoms with E-state index < -0.39 is 0 Å². The summed E-state index contributed by atoms with van der Waals surface area (Å²) in [6.45, 7) is 0. The van der Waals surface area contributed by atoms with Crippen LogP contribution in [0, 0.1) is 0 Å². The molecular weight excluding hydrogens is 394 g/mol. The van der Waals surface area contributed by atoms with Crippen LogP contribution in [0.4, 0.5) is 5.13 Å². The number of anilines is 1. The Labute approximate surface area is 179 Å². The van der Waals surface area contributed by atoms with E-state index in [0.29, 0.717) is 5.13 Å². The van der Waals surface area contributed by atoms with Crippen LogP contribution < -0.4 is 14.9 Å². The molecule has 4 aromatic rings. The summed E-state index contributed by atoms with van der Waals surface area (Å²) in [5.41, 5.74) is 7.00. The van der Waals surface area contributed by atoms with Crippen molar-refractivity contribution < 1.29 is 9.47 Å². The Kier molecular flexibility index (Phi) is 6.06. The molecule has 3 aromatic carbocycles. The number of methoxy groups -OCH3 is 2. The summed E-state index contributed by atoms with van der Waals surface area (Å²) < 4.78 is 10.6. The lowest BCUT2D eigenvalue weighted by atomic mass is 10.1. The Hall–Kier alpha value is -3.64. The second-order valence-electron chi connectivity index (χ2n) is 6.40. The monoisotopic (exact) mass is 415 g/mol. The third-order valence-electron chi connectivity index (χ3n) is 4.53. The molecule has 30 heavy (non-hydrogen) atoms. The minimum atomic E-state index is 0.714. The lowest BCUT2D eigenvalue weighted by Gasteiger charge is -2.04. The van der Waals surface area contributed by atoms with Gasteiger partial charge in [-0.05, 0) is 42.0 Å². The number of nitrogens with one attached hydrogen (secondary N) is 1. The van der Waals surface area contributed by atoms with Crippen LogP contribution in [0.3, 0.4) is 0 Å². The number of hydrogen-bond acceptors (Lipinski definition) is 6. The molecule has 1 heterocycles. The number of para-hydroxylation sites is 1. The highest BCUT2D eigenvalue weighted by atomic mass is 32.1. The third kappa shape index (κ3) is 4.34. The number of thiazole rings is 1. The molecule has 0 aliphatic heterocycles. The Bertz CT molecular complexity index is 1140. The summed E-state index contributed by atoms with van der Waals surface area (Å²) in [7, 11) is 3.31. The quantitative estimate of drug-likeness (QED) is 0.300. The Morgan fingerprint density at radius 2 is 1.57 bits per heavy atom. The fourth-order valence-electron chi connectivity index (χ4n) is 3.03. The van der Waals surface area contributed by atoms with Gasteiger partial charge in [-0.3, -0.25) is 5.43 Å². The van der Waals surface area contributed by atoms with E-state index in [0.717, 1.165) is 38.8 Å². The van der Waals surface area contributed by atoms with E-state index in [1.807, 2.05) is 66.7 Å². The first-order chi connectivity index (χ1) is 14.8. The van der Waals surface area contributed by atoms with Gasteiger partial charge in [0.05, 0.1) is 31.0 Å². The number of hydrazone groups is 1. The van der Waals surface area contributed by atoms with E-state index in [2.05, 4.69) is 22.7 Å². The van der Waals surface area contributed by atoms with Crippen LogP contribution in [0.2, 0.25) is 0 Å². The Balaban J connectivity index is 1.65. The average Bonchev–Trinajstić information content (AvgIpc) is 3.24. The maximum atomic E-state index is 5.36. The van der Waals surface area contributed by atoms with E-state index in [1.165, 1.54) is 0 Å². The smallest absolute Gasteiger partial charge is 0.204 e. The minimum absolute atomic E-state index is 0.714. The summed E-state index contributed by atoms with van der Waals surface area (Å²) in [5.74, 6) is 1.58. The summed E-state index contributed by atoms with van der Waals surface area (Å²) in [5, 5.41) is 5.08. The highest BCUT2D eigenvalue weighted by molar-refractivity contribution is 7.19. The molecule has 0 fully saturated rings. The summed E-state index contributed by atoms with van der Waals surface area (Å²) >= 11 is 1.56. The molecule has 0 unspecified atom stereocenters. The molecule has 1 aromatic heterocycles. The third-order valence-corrected chi connectivity index (χ3v) is 5.54. The van der Waals surface area contributed by atoms with Gasteiger partial charge < -0.3 is 9.47 Å². The fourth-order valence-corrected chi connectivity index (χ4v) is 3.97. The van der Waals surface area contributed by atoms with Crippen molar-refractivity contribution in [2.24, 2.45) is 5.10 Å². The number of hydrogen-bond donors (Lipinski definition) is 1. The number of aromatic nitrogens is 1. The second kappa shape index (κ2) is 9.24. The molecule has 0 spiro atoms. The molecule has 5 nitrogen and oxygen atoms in total. The highest BCUT2D eigenvalue weighted by Crippen LogP contribution is 2.39. The molecule has 1 N–H and O–H groups in total. The lowest BCUT2D eigenvalue weighted by molar-refractivity contribution is 0.414. The van der Waals surface area contributed by atoms with Crippen molar-refractivity contribution in [3.05, 3.63) is 84.4 Å². The van der Waals surface area contributed by atoms with E-state index in [1.54, 1.807) is 31.8 Å². The van der Waals surface area contributed by atoms with E-state index >= 15 is 0 Å². The van der Waals surface area contributed by atoms with Gasteiger partial charge in [-0.1, -0.05) is 53.8 Å². The maximum Gasteiger partial charge on any atom is 0.204 e. The summed E-state index contributed by atoms with van der Waals surface area (Å²) in [4.78, 5) is 5.89. The van der Waals surface area contributed by atoms with Crippen LogP contribution >= 0.6 is 11.3 Å². The summed E-state index contributed by atoms with van der Waals surface area (Å²) in [6, 6.07) is 25.9. The normalized spacial score (nSPS) is 10.9. The van der Waals surface area contributed by atoms with Crippen molar-refractivity contribution in [3.8, 4) is 33.2 Å². The van der Waals surface area contributed by atoms with Crippen molar-refractivity contribution in [1.82, 2.24) is 4.98 Å². The molecule has 0 saturated heterocycles. The Morgan fingerprint density at radius 1 is 0.833 bits per heavy atom. The van der Waals surface area contributed by atoms with Crippen LogP contribution in [0.15, 0.2) is 84.0 Å². The van der Waals surface area contributed by atoms with Crippen molar-refractivity contribution in [2.75, 3.05) is 19.6 Å². The largest absolute Gasteiger partial charge is 0.497 e. The Morgan fingerprint density at radius 3 is 2.30 bits per heavy atom. The zero-order valence-electron chi connectivity index (χ0n) is 16.7. The summed E-state index contributed by atoms with van der Waals surface area (Å²) in [6.07, 6.45) is 1.73. The number of ether oxygens (including phenoxy) is 2. The van der Waals surface area contributed by atoms with Gasteiger partial charge in [0.2, 0.25) is 5.13 Å². The maximum absolute atomic E-state index is 5.36. The van der Waals surface area contributed by atoms with Gasteiger partial charge in [0, 0.05) is 11.1 Å². The minimum Gasteiger partial charge on any atom is -0.497 e. The zero-order chi connectivity index (χ0) is 20.8. The van der Waals surface area contributed by atoms with Crippen molar-refractivity contribution in [1.29, 1.82) is 0 Å². The molecule has 0 saturated carbocycles. The van der Waals surface area contributed by atoms with Crippen molar-refractivity contribution in [3.63, 3.8) is 0 Å². The standard InChI is InChI=1S/C24H21N3O2S/c1-28-20-14-12-17(13-15-20)22-23(18-8-4-3-5-9-18)30-24(26-22)27-25-16-19-10-6-7-11-21(19)29-2/h3-16H,1-2H3,(H,26,27)/b25-16-. The molecule has 4 rings (SSSR count). The molecule has 0 atom stereocenters. The van der Waals surface area contributed by atoms with Crippen LogP contribution in [0.25, 0.3) is 21.7 Å². The zero-order valence-corrected chi connectivity index (χ0v) is 17.5. The molecular formula is C24H21N3O2S. The molecule has 0 amide bonds. The topological polar surface area (TPSA) is 55.7 Å². The van der Waals surface area contributed by atoms with E-state index in [9.17, 15) is 0 Å². The van der Waals surface area contributed by atoms with Gasteiger partial charge in [0.15, 0.2) is 0 Å². The van der Waals surface area contributed by atoms with Gasteiger partial charge in [-0.25, -0.2) is 4.98 Å². The molecule has 6 heteroatoms. The highest BCUT2D eigenvalue weighted by Gasteiger charge is 2.15. The van der Waals surface area contributed by atoms with Crippen LogP contribution in [0.1, 0.15) is 5.56 Å². The fraction of sp³-hybridized carbons (Fsp3) is 0.0833. The van der Waals surface area contributed by atoms with Gasteiger partial charge in [-0.15, -0.1) is 0 Å². The molecule has 150 valence electrons. The molecule has 0 aliphatic rings. The van der Waals surface area contributed by atoms with Crippen LogP contribution in [-0.4, -0.2) is 25.4 Å². The van der Waals surface area contributed by atoms with Gasteiger partial charge in [0.1, 0.15) is 11.5 Å². The molecule has 0 bridgehead atoms. The second-order valence-corrected chi connectivity index (χ2v) is 7.40. The van der Waals surface area contributed by atoms with Crippen molar-refractivity contribution in [2.45, 2.75) is 0 Å². The van der Waals surface area contributed by atoms with E-state index in [4.69, 9.17) is 14.5 Å². The molecule has 0 aliphatic carbocycles. The van der Waals surface area contributed by atoms with Crippen LogP contribution in [0.5, 0.6) is 11.5 Å². The first-order valence-electron chi connectivity index (χ1n) is 9.41. The predicted octanol–water partition coefficient (Wildman–Crippen LogP) is 5.94. The number of nitrogens with zero attached hydrogens (tertiary/aromatic N) is 2. The van der Waals surface area contributed by atoms with Crippen LogP contribution in [-0.2, 0) is 0 Å². The van der Waals surface area contributed by atoms with Crippen molar-refractivity contribution >= 4 is 22.7 Å². The lowest BCUT2D eigenvalue weighted by Crippen LogP contribution is -1.93. The number of rotatable bonds is 7. The van der Waals surface area contributed by atoms with Gasteiger partial charge in [-0.2, -0.15) is 5.10 Å².